The molecule has 3 unspecified atom stereocenters. The second-order valence-electron chi connectivity index (χ2n) is 8.43. The van der Waals surface area contributed by atoms with Gasteiger partial charge in [-0.05, 0) is 57.3 Å². The monoisotopic (exact) mass is 295 g/mol. The van der Waals surface area contributed by atoms with E-state index in [4.69, 9.17) is 4.74 Å². The zero-order valence-corrected chi connectivity index (χ0v) is 14.4. The number of nitrogens with one attached hydrogen (secondary N) is 1. The molecule has 0 aromatic carbocycles. The summed E-state index contributed by atoms with van der Waals surface area (Å²) in [6.07, 6.45) is 5.66. The summed E-state index contributed by atoms with van der Waals surface area (Å²) in [6.45, 7) is 12.9. The average Bonchev–Trinajstić information content (AvgIpc) is 2.40. The highest BCUT2D eigenvalue weighted by atomic mass is 16.5. The second kappa shape index (κ2) is 6.39. The van der Waals surface area contributed by atoms with E-state index in [9.17, 15) is 5.11 Å². The number of rotatable bonds is 7. The largest absolute Gasteiger partial charge is 0.389 e. The van der Waals surface area contributed by atoms with Gasteiger partial charge >= 0.3 is 0 Å². The normalized spacial score (nSPS) is 28.8. The summed E-state index contributed by atoms with van der Waals surface area (Å²) in [4.78, 5) is 0. The van der Waals surface area contributed by atoms with Crippen molar-refractivity contribution in [2.45, 2.75) is 65.5 Å². The molecule has 0 saturated heterocycles. The third kappa shape index (κ3) is 4.30. The molecule has 0 radical (unpaired) electrons. The Balaban J connectivity index is 1.61. The molecule has 0 amide bonds. The van der Waals surface area contributed by atoms with Gasteiger partial charge in [-0.1, -0.05) is 25.5 Å². The van der Waals surface area contributed by atoms with Crippen LogP contribution in [0.5, 0.6) is 0 Å². The van der Waals surface area contributed by atoms with Crippen molar-refractivity contribution >= 4 is 0 Å². The number of aliphatic hydroxyl groups excluding tert-OH is 1. The highest BCUT2D eigenvalue weighted by Crippen LogP contribution is 2.59. The van der Waals surface area contributed by atoms with Crippen LogP contribution in [0.2, 0.25) is 0 Å². The number of hydrogen-bond acceptors (Lipinski definition) is 3. The van der Waals surface area contributed by atoms with Gasteiger partial charge in [-0.2, -0.15) is 0 Å². The van der Waals surface area contributed by atoms with E-state index < -0.39 is 6.10 Å². The van der Waals surface area contributed by atoms with E-state index >= 15 is 0 Å². The van der Waals surface area contributed by atoms with Gasteiger partial charge in [-0.25, -0.2) is 0 Å². The fourth-order valence-electron chi connectivity index (χ4n) is 3.65. The molecule has 1 saturated carbocycles. The van der Waals surface area contributed by atoms with Gasteiger partial charge in [0, 0.05) is 12.1 Å². The first-order valence-electron chi connectivity index (χ1n) is 8.40. The van der Waals surface area contributed by atoms with Crippen LogP contribution in [0, 0.1) is 17.3 Å². The molecule has 0 aromatic rings. The quantitative estimate of drug-likeness (QED) is 0.560. The molecule has 21 heavy (non-hydrogen) atoms. The summed E-state index contributed by atoms with van der Waals surface area (Å²) in [7, 11) is 0. The Kier molecular flexibility index (Phi) is 5.17. The van der Waals surface area contributed by atoms with Gasteiger partial charge in [0.2, 0.25) is 0 Å². The van der Waals surface area contributed by atoms with Crippen LogP contribution in [0.3, 0.4) is 0 Å². The van der Waals surface area contributed by atoms with Gasteiger partial charge in [0.15, 0.2) is 0 Å². The number of fused-ring (bicyclic) bond motifs is 1. The number of β-amino-alcohol motifs (C(OH)–C–C–N with tert-alkyl or cyclic N) is 1. The maximum atomic E-state index is 9.89. The Bertz CT molecular complexity index is 381. The molecule has 2 bridgehead atoms. The van der Waals surface area contributed by atoms with Crippen molar-refractivity contribution in [3.63, 3.8) is 0 Å². The number of hydrogen-bond donors (Lipinski definition) is 2. The molecule has 1 fully saturated rings. The highest BCUT2D eigenvalue weighted by molar-refractivity contribution is 5.23. The van der Waals surface area contributed by atoms with Crippen molar-refractivity contribution < 1.29 is 9.84 Å². The summed E-state index contributed by atoms with van der Waals surface area (Å²) in [5.74, 6) is 1.67. The molecule has 3 heteroatoms. The lowest BCUT2D eigenvalue weighted by molar-refractivity contribution is -0.0136. The minimum Gasteiger partial charge on any atom is -0.389 e. The van der Waals surface area contributed by atoms with E-state index in [0.717, 1.165) is 24.9 Å². The Morgan fingerprint density at radius 2 is 2.14 bits per heavy atom. The molecule has 0 heterocycles. The number of ether oxygens (including phenoxy) is 1. The predicted molar refractivity (Wildman–Crippen MR) is 87.3 cm³/mol. The summed E-state index contributed by atoms with van der Waals surface area (Å²) in [5, 5.41) is 13.2. The second-order valence-corrected chi connectivity index (χ2v) is 8.43. The van der Waals surface area contributed by atoms with E-state index in [1.807, 2.05) is 0 Å². The SMILES string of the molecule is CC(C)(C)NCC(O)COCCC1=CCC2CC1C2(C)C. The molecule has 3 rings (SSSR count). The number of allylic oxidation sites excluding steroid dienone is 1. The topological polar surface area (TPSA) is 41.5 Å². The van der Waals surface area contributed by atoms with Crippen molar-refractivity contribution in [1.82, 2.24) is 5.32 Å². The first-order valence-corrected chi connectivity index (χ1v) is 8.40. The van der Waals surface area contributed by atoms with Crippen LogP contribution in [-0.2, 0) is 4.74 Å². The summed E-state index contributed by atoms with van der Waals surface area (Å²) in [6, 6.07) is 0. The summed E-state index contributed by atoms with van der Waals surface area (Å²) in [5.41, 5.74) is 2.13. The number of aliphatic hydroxyl groups is 1. The zero-order valence-electron chi connectivity index (χ0n) is 14.4. The molecule has 122 valence electrons. The lowest BCUT2D eigenvalue weighted by Gasteiger charge is -2.56. The third-order valence-electron chi connectivity index (χ3n) is 5.30. The molecule has 3 atom stereocenters. The Morgan fingerprint density at radius 1 is 1.43 bits per heavy atom. The van der Waals surface area contributed by atoms with Crippen molar-refractivity contribution in [2.75, 3.05) is 19.8 Å². The zero-order chi connectivity index (χ0) is 15.7. The first kappa shape index (κ1) is 17.0. The van der Waals surface area contributed by atoms with Crippen LogP contribution in [-0.4, -0.2) is 36.5 Å². The van der Waals surface area contributed by atoms with E-state index in [1.54, 1.807) is 5.57 Å². The van der Waals surface area contributed by atoms with E-state index in [0.29, 0.717) is 18.6 Å². The Morgan fingerprint density at radius 3 is 2.71 bits per heavy atom. The fraction of sp³-hybridized carbons (Fsp3) is 0.889. The van der Waals surface area contributed by atoms with Crippen molar-refractivity contribution in [2.24, 2.45) is 17.3 Å². The van der Waals surface area contributed by atoms with Crippen LogP contribution < -0.4 is 5.32 Å². The van der Waals surface area contributed by atoms with E-state index in [2.05, 4.69) is 46.0 Å². The molecule has 0 aliphatic heterocycles. The van der Waals surface area contributed by atoms with Crippen LogP contribution >= 0.6 is 0 Å². The van der Waals surface area contributed by atoms with Gasteiger partial charge in [0.25, 0.3) is 0 Å². The molecular formula is C18H33NO2. The maximum absolute atomic E-state index is 9.89. The molecule has 2 N–H and O–H groups in total. The van der Waals surface area contributed by atoms with Gasteiger partial charge in [0.05, 0.1) is 19.3 Å². The molecular weight excluding hydrogens is 262 g/mol. The minimum atomic E-state index is -0.422. The smallest absolute Gasteiger partial charge is 0.0897 e. The maximum Gasteiger partial charge on any atom is 0.0897 e. The standard InChI is InChI=1S/C18H33NO2/c1-17(2,3)19-11-15(20)12-21-9-8-13-6-7-14-10-16(13)18(14,4)5/h6,14-16,19-20H,7-12H2,1-5H3. The van der Waals surface area contributed by atoms with Crippen molar-refractivity contribution in [3.8, 4) is 0 Å². The lowest BCUT2D eigenvalue weighted by Crippen LogP contribution is -2.48. The predicted octanol–water partition coefficient (Wildman–Crippen LogP) is 3.13. The Hall–Kier alpha value is -0.380. The Labute approximate surface area is 130 Å². The van der Waals surface area contributed by atoms with Crippen LogP contribution in [0.15, 0.2) is 11.6 Å². The first-order chi connectivity index (χ1) is 9.70. The molecule has 0 spiro atoms. The molecule has 3 aliphatic rings. The van der Waals surface area contributed by atoms with Crippen molar-refractivity contribution in [3.05, 3.63) is 11.6 Å². The summed E-state index contributed by atoms with van der Waals surface area (Å²) >= 11 is 0. The van der Waals surface area contributed by atoms with Gasteiger partial charge < -0.3 is 15.2 Å². The van der Waals surface area contributed by atoms with Crippen molar-refractivity contribution in [1.29, 1.82) is 0 Å². The van der Waals surface area contributed by atoms with E-state index in [-0.39, 0.29) is 5.54 Å². The molecule has 3 aliphatic carbocycles. The molecule has 3 nitrogen and oxygen atoms in total. The van der Waals surface area contributed by atoms with Crippen LogP contribution in [0.4, 0.5) is 0 Å². The summed E-state index contributed by atoms with van der Waals surface area (Å²) < 4.78 is 5.67. The van der Waals surface area contributed by atoms with Gasteiger partial charge in [-0.3, -0.25) is 0 Å². The van der Waals surface area contributed by atoms with Crippen LogP contribution in [0.25, 0.3) is 0 Å². The fourth-order valence-corrected chi connectivity index (χ4v) is 3.65. The molecule has 0 aromatic heterocycles. The third-order valence-corrected chi connectivity index (χ3v) is 5.30. The average molecular weight is 295 g/mol. The van der Waals surface area contributed by atoms with Crippen LogP contribution in [0.1, 0.15) is 53.9 Å². The minimum absolute atomic E-state index is 0.0419. The highest BCUT2D eigenvalue weighted by Gasteiger charge is 2.50. The lowest BCUT2D eigenvalue weighted by atomic mass is 9.48. The van der Waals surface area contributed by atoms with Gasteiger partial charge in [0.1, 0.15) is 0 Å². The van der Waals surface area contributed by atoms with Gasteiger partial charge in [-0.15, -0.1) is 0 Å². The van der Waals surface area contributed by atoms with E-state index in [1.165, 1.54) is 12.8 Å².